The molecule has 0 spiro atoms. The smallest absolute Gasteiger partial charge is 0.272 e. The molecule has 1 heterocycles. The van der Waals surface area contributed by atoms with Crippen molar-refractivity contribution >= 4 is 11.6 Å². The van der Waals surface area contributed by atoms with Crippen molar-refractivity contribution in [3.63, 3.8) is 0 Å². The van der Waals surface area contributed by atoms with E-state index in [9.17, 15) is 14.9 Å². The Balaban J connectivity index is 1.83. The van der Waals surface area contributed by atoms with E-state index in [-0.39, 0.29) is 22.4 Å². The number of rotatable bonds is 5. The number of benzene rings is 1. The van der Waals surface area contributed by atoms with Gasteiger partial charge in [0, 0.05) is 24.7 Å². The minimum Gasteiger partial charge on any atom is -0.355 e. The first-order valence-corrected chi connectivity index (χ1v) is 6.89. The summed E-state index contributed by atoms with van der Waals surface area (Å²) < 4.78 is 0. The van der Waals surface area contributed by atoms with E-state index in [2.05, 4.69) is 10.6 Å². The Morgan fingerprint density at radius 1 is 1.45 bits per heavy atom. The highest BCUT2D eigenvalue weighted by Gasteiger charge is 2.20. The molecule has 1 aromatic carbocycles. The van der Waals surface area contributed by atoms with Crippen LogP contribution in [0.4, 0.5) is 5.69 Å². The second-order valence-electron chi connectivity index (χ2n) is 4.97. The van der Waals surface area contributed by atoms with E-state index in [4.69, 9.17) is 0 Å². The van der Waals surface area contributed by atoms with Crippen LogP contribution in [-0.4, -0.2) is 30.5 Å². The van der Waals surface area contributed by atoms with Crippen LogP contribution in [0.3, 0.4) is 0 Å². The molecule has 2 rings (SSSR count). The van der Waals surface area contributed by atoms with E-state index >= 15 is 0 Å². The molecule has 0 saturated carbocycles. The Morgan fingerprint density at radius 2 is 2.25 bits per heavy atom. The van der Waals surface area contributed by atoms with Gasteiger partial charge in [-0.1, -0.05) is 18.2 Å². The number of amides is 1. The normalized spacial score (nSPS) is 18.5. The highest BCUT2D eigenvalue weighted by molar-refractivity contribution is 5.79. The van der Waals surface area contributed by atoms with E-state index in [1.165, 1.54) is 6.07 Å². The molecule has 1 unspecified atom stereocenters. The number of hydrogen-bond acceptors (Lipinski definition) is 4. The van der Waals surface area contributed by atoms with Gasteiger partial charge in [-0.15, -0.1) is 0 Å². The molecule has 0 aromatic heterocycles. The average molecular weight is 277 g/mol. The maximum absolute atomic E-state index is 11.9. The maximum atomic E-state index is 11.9. The summed E-state index contributed by atoms with van der Waals surface area (Å²) in [5, 5.41) is 16.9. The molecule has 0 bridgehead atoms. The number of nitrogens with one attached hydrogen (secondary N) is 2. The fourth-order valence-electron chi connectivity index (χ4n) is 2.44. The number of piperidine rings is 1. The second-order valence-corrected chi connectivity index (χ2v) is 4.97. The molecular weight excluding hydrogens is 258 g/mol. The molecule has 1 fully saturated rings. The highest BCUT2D eigenvalue weighted by Crippen LogP contribution is 2.17. The van der Waals surface area contributed by atoms with Crippen LogP contribution in [0.25, 0.3) is 0 Å². The molecule has 108 valence electrons. The van der Waals surface area contributed by atoms with Gasteiger partial charge in [0.25, 0.3) is 5.69 Å². The summed E-state index contributed by atoms with van der Waals surface area (Å²) in [4.78, 5) is 22.4. The van der Waals surface area contributed by atoms with Crippen molar-refractivity contribution in [2.75, 3.05) is 19.6 Å². The highest BCUT2D eigenvalue weighted by atomic mass is 16.6. The number of nitrogens with zero attached hydrogens (tertiary/aromatic N) is 1. The van der Waals surface area contributed by atoms with Gasteiger partial charge in [0.2, 0.25) is 5.91 Å². The predicted molar refractivity (Wildman–Crippen MR) is 75.4 cm³/mol. The molecule has 2 N–H and O–H groups in total. The van der Waals surface area contributed by atoms with Gasteiger partial charge in [0.05, 0.1) is 10.8 Å². The fourth-order valence-corrected chi connectivity index (χ4v) is 2.44. The topological polar surface area (TPSA) is 84.3 Å². The Kier molecular flexibility index (Phi) is 5.06. The monoisotopic (exact) mass is 277 g/mol. The molecule has 1 saturated heterocycles. The van der Waals surface area contributed by atoms with Crippen LogP contribution in [0.5, 0.6) is 0 Å². The lowest BCUT2D eigenvalue weighted by atomic mass is 9.99. The zero-order valence-corrected chi connectivity index (χ0v) is 11.3. The third kappa shape index (κ3) is 3.77. The molecule has 1 amide bonds. The van der Waals surface area contributed by atoms with Crippen molar-refractivity contribution in [1.29, 1.82) is 0 Å². The lowest BCUT2D eigenvalue weighted by Gasteiger charge is -2.21. The Hall–Kier alpha value is -1.95. The molecule has 20 heavy (non-hydrogen) atoms. The summed E-state index contributed by atoms with van der Waals surface area (Å²) in [6, 6.07) is 6.64. The maximum Gasteiger partial charge on any atom is 0.272 e. The largest absolute Gasteiger partial charge is 0.355 e. The quantitative estimate of drug-likeness (QED) is 0.626. The van der Waals surface area contributed by atoms with Crippen molar-refractivity contribution in [1.82, 2.24) is 10.6 Å². The Bertz CT molecular complexity index is 484. The van der Waals surface area contributed by atoms with Crippen LogP contribution >= 0.6 is 0 Å². The molecule has 1 atom stereocenters. The number of carbonyl (C=O) groups is 1. The van der Waals surface area contributed by atoms with E-state index in [1.54, 1.807) is 18.2 Å². The molecule has 1 aliphatic rings. The minimum atomic E-state index is -0.387. The van der Waals surface area contributed by atoms with Crippen LogP contribution < -0.4 is 10.6 Å². The van der Waals surface area contributed by atoms with E-state index in [0.29, 0.717) is 18.5 Å². The summed E-state index contributed by atoms with van der Waals surface area (Å²) >= 11 is 0. The van der Waals surface area contributed by atoms with Gasteiger partial charge < -0.3 is 10.6 Å². The minimum absolute atomic E-state index is 0.0227. The summed E-state index contributed by atoms with van der Waals surface area (Å²) in [5.74, 6) is 0.0605. The SMILES string of the molecule is O=C(NCCc1ccccc1[N+](=O)[O-])C1CCCNC1. The average Bonchev–Trinajstić information content (AvgIpc) is 2.48. The summed E-state index contributed by atoms with van der Waals surface area (Å²) in [6.45, 7) is 2.12. The zero-order chi connectivity index (χ0) is 14.4. The molecule has 0 aliphatic carbocycles. The molecule has 1 aromatic rings. The van der Waals surface area contributed by atoms with Crippen molar-refractivity contribution < 1.29 is 9.72 Å². The summed E-state index contributed by atoms with van der Waals surface area (Å²) in [6.07, 6.45) is 2.40. The molecule has 6 heteroatoms. The van der Waals surface area contributed by atoms with Crippen LogP contribution in [0.15, 0.2) is 24.3 Å². The van der Waals surface area contributed by atoms with Gasteiger partial charge in [0.15, 0.2) is 0 Å². The second kappa shape index (κ2) is 7.00. The molecule has 1 aliphatic heterocycles. The van der Waals surface area contributed by atoms with Crippen LogP contribution in [0, 0.1) is 16.0 Å². The van der Waals surface area contributed by atoms with Gasteiger partial charge in [-0.2, -0.15) is 0 Å². The summed E-state index contributed by atoms with van der Waals surface area (Å²) in [7, 11) is 0. The van der Waals surface area contributed by atoms with Gasteiger partial charge in [-0.3, -0.25) is 14.9 Å². The van der Waals surface area contributed by atoms with Gasteiger partial charge in [0.1, 0.15) is 0 Å². The predicted octanol–water partition coefficient (Wildman–Crippen LogP) is 1.25. The molecule has 0 radical (unpaired) electrons. The number of hydrogen-bond donors (Lipinski definition) is 2. The zero-order valence-electron chi connectivity index (χ0n) is 11.3. The van der Waals surface area contributed by atoms with E-state index in [0.717, 1.165) is 25.9 Å². The third-order valence-corrected chi connectivity index (χ3v) is 3.55. The van der Waals surface area contributed by atoms with Gasteiger partial charge in [-0.05, 0) is 25.8 Å². The van der Waals surface area contributed by atoms with Crippen molar-refractivity contribution in [2.45, 2.75) is 19.3 Å². The lowest BCUT2D eigenvalue weighted by molar-refractivity contribution is -0.385. The van der Waals surface area contributed by atoms with Crippen molar-refractivity contribution in [2.24, 2.45) is 5.92 Å². The van der Waals surface area contributed by atoms with Gasteiger partial charge >= 0.3 is 0 Å². The first kappa shape index (κ1) is 14.5. The standard InChI is InChI=1S/C14H19N3O3/c18-14(12-5-3-8-15-10-12)16-9-7-11-4-1-2-6-13(11)17(19)20/h1-2,4,6,12,15H,3,5,7-10H2,(H,16,18). The first-order valence-electron chi connectivity index (χ1n) is 6.89. The fraction of sp³-hybridized carbons (Fsp3) is 0.500. The van der Waals surface area contributed by atoms with Crippen LogP contribution in [0.2, 0.25) is 0 Å². The Labute approximate surface area is 117 Å². The first-order chi connectivity index (χ1) is 9.68. The Morgan fingerprint density at radius 3 is 2.95 bits per heavy atom. The number of nitro benzene ring substituents is 1. The number of para-hydroxylation sites is 1. The van der Waals surface area contributed by atoms with Crippen LogP contribution in [0.1, 0.15) is 18.4 Å². The number of nitro groups is 1. The lowest BCUT2D eigenvalue weighted by Crippen LogP contribution is -2.41. The number of carbonyl (C=O) groups excluding carboxylic acids is 1. The molecular formula is C14H19N3O3. The van der Waals surface area contributed by atoms with Crippen LogP contribution in [-0.2, 0) is 11.2 Å². The van der Waals surface area contributed by atoms with E-state index in [1.807, 2.05) is 0 Å². The van der Waals surface area contributed by atoms with Crippen molar-refractivity contribution in [3.8, 4) is 0 Å². The third-order valence-electron chi connectivity index (χ3n) is 3.55. The summed E-state index contributed by atoms with van der Waals surface area (Å²) in [5.41, 5.74) is 0.764. The van der Waals surface area contributed by atoms with Crippen molar-refractivity contribution in [3.05, 3.63) is 39.9 Å². The van der Waals surface area contributed by atoms with E-state index < -0.39 is 0 Å². The van der Waals surface area contributed by atoms with Gasteiger partial charge in [-0.25, -0.2) is 0 Å². The molecule has 6 nitrogen and oxygen atoms in total.